The van der Waals surface area contributed by atoms with Gasteiger partial charge in [0.05, 0.1) is 5.92 Å². The van der Waals surface area contributed by atoms with Crippen molar-refractivity contribution in [2.45, 2.75) is 83.5 Å². The van der Waals surface area contributed by atoms with Crippen molar-refractivity contribution in [3.63, 3.8) is 0 Å². The first-order valence-corrected chi connectivity index (χ1v) is 9.17. The Morgan fingerprint density at radius 1 is 0.870 bits per heavy atom. The zero-order valence-corrected chi connectivity index (χ0v) is 14.5. The van der Waals surface area contributed by atoms with Crippen LogP contribution in [0.1, 0.15) is 89.0 Å². The van der Waals surface area contributed by atoms with Crippen LogP contribution in [0.4, 0.5) is 0 Å². The van der Waals surface area contributed by atoms with Gasteiger partial charge in [0.1, 0.15) is 5.75 Å². The SMILES string of the molecule is CCCCCCCCCCCCC(C(=O)O)c1ccc(O)cc1. The van der Waals surface area contributed by atoms with Crippen LogP contribution in [0.2, 0.25) is 0 Å². The summed E-state index contributed by atoms with van der Waals surface area (Å²) in [5, 5.41) is 18.7. The minimum absolute atomic E-state index is 0.178. The Bertz CT molecular complexity index is 425. The smallest absolute Gasteiger partial charge is 0.310 e. The molecule has 130 valence electrons. The molecule has 1 atom stereocenters. The van der Waals surface area contributed by atoms with E-state index < -0.39 is 11.9 Å². The Morgan fingerprint density at radius 3 is 1.83 bits per heavy atom. The number of phenolic OH excluding ortho intramolecular Hbond substituents is 1. The molecule has 0 aliphatic carbocycles. The maximum Gasteiger partial charge on any atom is 0.310 e. The minimum Gasteiger partial charge on any atom is -0.508 e. The van der Waals surface area contributed by atoms with Crippen molar-refractivity contribution in [2.24, 2.45) is 0 Å². The molecule has 0 heterocycles. The molecule has 0 saturated carbocycles. The zero-order chi connectivity index (χ0) is 16.9. The average molecular weight is 320 g/mol. The molecule has 23 heavy (non-hydrogen) atoms. The van der Waals surface area contributed by atoms with Crippen molar-refractivity contribution in [3.8, 4) is 5.75 Å². The van der Waals surface area contributed by atoms with E-state index in [4.69, 9.17) is 0 Å². The fourth-order valence-electron chi connectivity index (χ4n) is 2.98. The third-order valence-corrected chi connectivity index (χ3v) is 4.44. The van der Waals surface area contributed by atoms with Crippen LogP contribution >= 0.6 is 0 Å². The molecule has 2 N–H and O–H groups in total. The largest absolute Gasteiger partial charge is 0.508 e. The number of aliphatic carboxylic acids is 1. The normalized spacial score (nSPS) is 12.2. The van der Waals surface area contributed by atoms with Gasteiger partial charge < -0.3 is 10.2 Å². The van der Waals surface area contributed by atoms with E-state index in [2.05, 4.69) is 6.92 Å². The molecule has 1 aromatic carbocycles. The van der Waals surface area contributed by atoms with Crippen LogP contribution in [-0.4, -0.2) is 16.2 Å². The number of carboxylic acid groups (broad SMARTS) is 1. The molecule has 0 amide bonds. The number of rotatable bonds is 13. The molecule has 3 nitrogen and oxygen atoms in total. The van der Waals surface area contributed by atoms with E-state index in [-0.39, 0.29) is 5.75 Å². The van der Waals surface area contributed by atoms with Crippen molar-refractivity contribution >= 4 is 5.97 Å². The fraction of sp³-hybridized carbons (Fsp3) is 0.650. The Hall–Kier alpha value is -1.51. The van der Waals surface area contributed by atoms with E-state index in [1.807, 2.05) is 0 Å². The Labute approximate surface area is 140 Å². The highest BCUT2D eigenvalue weighted by Gasteiger charge is 2.19. The molecule has 0 saturated heterocycles. The van der Waals surface area contributed by atoms with Crippen molar-refractivity contribution < 1.29 is 15.0 Å². The molecule has 0 fully saturated rings. The van der Waals surface area contributed by atoms with Crippen LogP contribution in [0.15, 0.2) is 24.3 Å². The molecule has 1 unspecified atom stereocenters. The van der Waals surface area contributed by atoms with Crippen LogP contribution < -0.4 is 0 Å². The molecular formula is C20H32O3. The second-order valence-electron chi connectivity index (χ2n) is 6.45. The van der Waals surface area contributed by atoms with E-state index in [0.717, 1.165) is 18.4 Å². The second kappa shape index (κ2) is 12.0. The lowest BCUT2D eigenvalue weighted by Gasteiger charge is -2.12. The van der Waals surface area contributed by atoms with Gasteiger partial charge >= 0.3 is 5.97 Å². The van der Waals surface area contributed by atoms with Gasteiger partial charge in [0.2, 0.25) is 0 Å². The molecule has 1 rings (SSSR count). The summed E-state index contributed by atoms with van der Waals surface area (Å²) in [5.74, 6) is -1.05. The maximum absolute atomic E-state index is 11.4. The lowest BCUT2D eigenvalue weighted by atomic mass is 9.93. The molecule has 0 aliphatic rings. The topological polar surface area (TPSA) is 57.5 Å². The minimum atomic E-state index is -0.772. The van der Waals surface area contributed by atoms with E-state index in [1.165, 1.54) is 51.4 Å². The summed E-state index contributed by atoms with van der Waals surface area (Å²) in [5.41, 5.74) is 0.784. The average Bonchev–Trinajstić information content (AvgIpc) is 2.53. The molecule has 0 radical (unpaired) electrons. The third-order valence-electron chi connectivity index (χ3n) is 4.44. The summed E-state index contributed by atoms with van der Waals surface area (Å²) in [6.45, 7) is 2.24. The number of unbranched alkanes of at least 4 members (excludes halogenated alkanes) is 9. The highest BCUT2D eigenvalue weighted by molar-refractivity contribution is 5.76. The summed E-state index contributed by atoms with van der Waals surface area (Å²) in [6, 6.07) is 6.54. The molecule has 0 aliphatic heterocycles. The molecule has 0 spiro atoms. The Balaban J connectivity index is 2.14. The molecular weight excluding hydrogens is 288 g/mol. The van der Waals surface area contributed by atoms with E-state index >= 15 is 0 Å². The number of phenols is 1. The predicted molar refractivity (Wildman–Crippen MR) is 94.9 cm³/mol. The number of aromatic hydroxyl groups is 1. The Morgan fingerprint density at radius 2 is 1.35 bits per heavy atom. The fourth-order valence-corrected chi connectivity index (χ4v) is 2.98. The lowest BCUT2D eigenvalue weighted by Crippen LogP contribution is -2.11. The second-order valence-corrected chi connectivity index (χ2v) is 6.45. The van der Waals surface area contributed by atoms with Crippen LogP contribution in [0.25, 0.3) is 0 Å². The molecule has 0 aromatic heterocycles. The number of benzene rings is 1. The van der Waals surface area contributed by atoms with Crippen LogP contribution in [-0.2, 0) is 4.79 Å². The van der Waals surface area contributed by atoms with Crippen molar-refractivity contribution in [3.05, 3.63) is 29.8 Å². The highest BCUT2D eigenvalue weighted by atomic mass is 16.4. The molecule has 0 bridgehead atoms. The van der Waals surface area contributed by atoms with Gasteiger partial charge in [0.25, 0.3) is 0 Å². The van der Waals surface area contributed by atoms with Crippen molar-refractivity contribution in [1.82, 2.24) is 0 Å². The van der Waals surface area contributed by atoms with Gasteiger partial charge in [-0.3, -0.25) is 4.79 Å². The monoisotopic (exact) mass is 320 g/mol. The zero-order valence-electron chi connectivity index (χ0n) is 14.5. The number of carbonyl (C=O) groups is 1. The van der Waals surface area contributed by atoms with E-state index in [9.17, 15) is 15.0 Å². The van der Waals surface area contributed by atoms with Gasteiger partial charge in [-0.2, -0.15) is 0 Å². The predicted octanol–water partition coefficient (Wildman–Crippen LogP) is 5.87. The lowest BCUT2D eigenvalue weighted by molar-refractivity contribution is -0.139. The van der Waals surface area contributed by atoms with Gasteiger partial charge in [0.15, 0.2) is 0 Å². The first-order valence-electron chi connectivity index (χ1n) is 9.17. The summed E-state index contributed by atoms with van der Waals surface area (Å²) >= 11 is 0. The first kappa shape index (κ1) is 19.5. The summed E-state index contributed by atoms with van der Waals surface area (Å²) < 4.78 is 0. The first-order chi connectivity index (χ1) is 11.1. The van der Waals surface area contributed by atoms with Gasteiger partial charge in [-0.15, -0.1) is 0 Å². The van der Waals surface area contributed by atoms with Crippen LogP contribution in [0.3, 0.4) is 0 Å². The highest BCUT2D eigenvalue weighted by Crippen LogP contribution is 2.25. The van der Waals surface area contributed by atoms with Gasteiger partial charge in [-0.1, -0.05) is 83.3 Å². The van der Waals surface area contributed by atoms with Gasteiger partial charge in [-0.25, -0.2) is 0 Å². The summed E-state index contributed by atoms with van der Waals surface area (Å²) in [7, 11) is 0. The van der Waals surface area contributed by atoms with Gasteiger partial charge in [-0.05, 0) is 24.1 Å². The van der Waals surface area contributed by atoms with Crippen molar-refractivity contribution in [2.75, 3.05) is 0 Å². The number of hydrogen-bond acceptors (Lipinski definition) is 2. The third kappa shape index (κ3) is 8.63. The van der Waals surface area contributed by atoms with Crippen LogP contribution in [0, 0.1) is 0 Å². The molecule has 3 heteroatoms. The number of hydrogen-bond donors (Lipinski definition) is 2. The van der Waals surface area contributed by atoms with Crippen molar-refractivity contribution in [1.29, 1.82) is 0 Å². The standard InChI is InChI=1S/C20H32O3/c1-2-3-4-5-6-7-8-9-10-11-12-19(20(22)23)17-13-15-18(21)16-14-17/h13-16,19,21H,2-12H2,1H3,(H,22,23). The Kier molecular flexibility index (Phi) is 10.2. The van der Waals surface area contributed by atoms with Gasteiger partial charge in [0, 0.05) is 0 Å². The van der Waals surface area contributed by atoms with Crippen LogP contribution in [0.5, 0.6) is 5.75 Å². The number of carboxylic acids is 1. The maximum atomic E-state index is 11.4. The quantitative estimate of drug-likeness (QED) is 0.447. The summed E-state index contributed by atoms with van der Waals surface area (Å²) in [6.07, 6.45) is 13.2. The molecule has 1 aromatic rings. The van der Waals surface area contributed by atoms with E-state index in [1.54, 1.807) is 24.3 Å². The van der Waals surface area contributed by atoms with E-state index in [0.29, 0.717) is 6.42 Å². The summed E-state index contributed by atoms with van der Waals surface area (Å²) in [4.78, 5) is 11.4.